The Balaban J connectivity index is 2.88. The van der Waals surface area contributed by atoms with Crippen LogP contribution >= 0.6 is 11.6 Å². The zero-order chi connectivity index (χ0) is 10.6. The van der Waals surface area contributed by atoms with Crippen LogP contribution in [0.2, 0.25) is 5.02 Å². The van der Waals surface area contributed by atoms with Crippen LogP contribution in [0.4, 0.5) is 0 Å². The van der Waals surface area contributed by atoms with Gasteiger partial charge >= 0.3 is 5.97 Å². The van der Waals surface area contributed by atoms with Gasteiger partial charge in [-0.05, 0) is 24.6 Å². The van der Waals surface area contributed by atoms with Crippen LogP contribution < -0.4 is 0 Å². The number of rotatable bonds is 1. The quantitative estimate of drug-likeness (QED) is 0.720. The summed E-state index contributed by atoms with van der Waals surface area (Å²) < 4.78 is 0. The van der Waals surface area contributed by atoms with Gasteiger partial charge in [0, 0.05) is 5.56 Å². The standard InChI is InChI=1S/C11H9ClO2/c1-8-5-6-10(12)9(7-8)3-2-4-11(13)14/h5-7H,4H2,1H3,(H,13,14). The Morgan fingerprint density at radius 3 is 2.93 bits per heavy atom. The number of benzene rings is 1. The highest BCUT2D eigenvalue weighted by atomic mass is 35.5. The first-order chi connectivity index (χ1) is 6.59. The van der Waals surface area contributed by atoms with Gasteiger partial charge in [-0.3, -0.25) is 4.79 Å². The maximum Gasteiger partial charge on any atom is 0.315 e. The second-order valence-corrected chi connectivity index (χ2v) is 3.26. The molecule has 0 aromatic heterocycles. The van der Waals surface area contributed by atoms with Gasteiger partial charge in [0.15, 0.2) is 0 Å². The van der Waals surface area contributed by atoms with Crippen molar-refractivity contribution in [2.45, 2.75) is 13.3 Å². The van der Waals surface area contributed by atoms with E-state index in [1.807, 2.05) is 19.1 Å². The third kappa shape index (κ3) is 3.12. The van der Waals surface area contributed by atoms with Gasteiger partial charge in [-0.15, -0.1) is 0 Å². The molecule has 0 unspecified atom stereocenters. The Bertz CT molecular complexity index is 413. The Hall–Kier alpha value is -1.46. The number of carboxylic acid groups (broad SMARTS) is 1. The molecule has 0 aliphatic heterocycles. The molecule has 1 rings (SSSR count). The molecule has 3 heteroatoms. The topological polar surface area (TPSA) is 37.3 Å². The zero-order valence-electron chi connectivity index (χ0n) is 7.67. The average Bonchev–Trinajstić information content (AvgIpc) is 2.10. The van der Waals surface area contributed by atoms with E-state index in [0.29, 0.717) is 10.6 Å². The van der Waals surface area contributed by atoms with E-state index in [4.69, 9.17) is 16.7 Å². The summed E-state index contributed by atoms with van der Waals surface area (Å²) in [5.41, 5.74) is 1.72. The molecule has 0 spiro atoms. The SMILES string of the molecule is Cc1ccc(Cl)c(C#CCC(=O)O)c1. The Morgan fingerprint density at radius 1 is 1.57 bits per heavy atom. The van der Waals surface area contributed by atoms with Crippen LogP contribution in [0.25, 0.3) is 0 Å². The summed E-state index contributed by atoms with van der Waals surface area (Å²) in [6.45, 7) is 1.93. The van der Waals surface area contributed by atoms with Crippen LogP contribution in [0.3, 0.4) is 0 Å². The van der Waals surface area contributed by atoms with Crippen molar-refractivity contribution >= 4 is 17.6 Å². The largest absolute Gasteiger partial charge is 0.481 e. The minimum Gasteiger partial charge on any atom is -0.481 e. The van der Waals surface area contributed by atoms with Gasteiger partial charge in [-0.25, -0.2) is 0 Å². The number of halogens is 1. The van der Waals surface area contributed by atoms with Crippen LogP contribution in [0, 0.1) is 18.8 Å². The Labute approximate surface area is 87.5 Å². The van der Waals surface area contributed by atoms with Crippen molar-refractivity contribution in [1.29, 1.82) is 0 Å². The van der Waals surface area contributed by atoms with Crippen molar-refractivity contribution < 1.29 is 9.90 Å². The van der Waals surface area contributed by atoms with Gasteiger partial charge < -0.3 is 5.11 Å². The molecule has 0 radical (unpaired) electrons. The molecule has 0 aliphatic carbocycles. The highest BCUT2D eigenvalue weighted by molar-refractivity contribution is 6.31. The van der Waals surface area contributed by atoms with E-state index in [0.717, 1.165) is 5.56 Å². The monoisotopic (exact) mass is 208 g/mol. The number of aliphatic carboxylic acids is 1. The number of hydrogen-bond acceptors (Lipinski definition) is 1. The number of carbonyl (C=O) groups is 1. The normalized spacial score (nSPS) is 9.00. The summed E-state index contributed by atoms with van der Waals surface area (Å²) in [6.07, 6.45) is -0.162. The molecule has 0 atom stereocenters. The minimum atomic E-state index is -0.929. The number of carboxylic acids is 1. The molecule has 0 heterocycles. The fourth-order valence-corrected chi connectivity index (χ4v) is 1.11. The minimum absolute atomic E-state index is 0.162. The Morgan fingerprint density at radius 2 is 2.29 bits per heavy atom. The highest BCUT2D eigenvalue weighted by Gasteiger charge is 1.96. The van der Waals surface area contributed by atoms with Crippen LogP contribution in [-0.4, -0.2) is 11.1 Å². The summed E-state index contributed by atoms with van der Waals surface area (Å²) in [5, 5.41) is 8.93. The van der Waals surface area contributed by atoms with Crippen molar-refractivity contribution in [2.24, 2.45) is 0 Å². The summed E-state index contributed by atoms with van der Waals surface area (Å²) in [4.78, 5) is 10.2. The average molecular weight is 209 g/mol. The van der Waals surface area contributed by atoms with Crippen LogP contribution in [0.15, 0.2) is 18.2 Å². The van der Waals surface area contributed by atoms with Gasteiger partial charge in [0.05, 0.1) is 5.02 Å². The fraction of sp³-hybridized carbons (Fsp3) is 0.182. The molecular formula is C11H9ClO2. The molecule has 0 bridgehead atoms. The lowest BCUT2D eigenvalue weighted by atomic mass is 10.1. The maximum absolute atomic E-state index is 10.2. The molecule has 1 N–H and O–H groups in total. The second kappa shape index (κ2) is 4.69. The van der Waals surface area contributed by atoms with Crippen molar-refractivity contribution in [1.82, 2.24) is 0 Å². The van der Waals surface area contributed by atoms with Gasteiger partial charge in [0.1, 0.15) is 6.42 Å². The molecule has 0 saturated heterocycles. The molecular weight excluding hydrogens is 200 g/mol. The molecule has 72 valence electrons. The molecule has 0 saturated carbocycles. The summed E-state index contributed by atoms with van der Waals surface area (Å²) >= 11 is 5.86. The molecule has 1 aromatic carbocycles. The lowest BCUT2D eigenvalue weighted by Gasteiger charge is -1.96. The van der Waals surface area contributed by atoms with Gasteiger partial charge in [0.25, 0.3) is 0 Å². The van der Waals surface area contributed by atoms with E-state index in [-0.39, 0.29) is 6.42 Å². The number of hydrogen-bond donors (Lipinski definition) is 1. The van der Waals surface area contributed by atoms with Gasteiger partial charge in [-0.1, -0.05) is 29.5 Å². The lowest BCUT2D eigenvalue weighted by molar-refractivity contribution is -0.135. The van der Waals surface area contributed by atoms with Crippen molar-refractivity contribution in [3.63, 3.8) is 0 Å². The van der Waals surface area contributed by atoms with E-state index in [1.165, 1.54) is 0 Å². The smallest absolute Gasteiger partial charge is 0.315 e. The number of aryl methyl sites for hydroxylation is 1. The summed E-state index contributed by atoms with van der Waals surface area (Å²) in [6, 6.07) is 5.46. The molecule has 0 aliphatic rings. The van der Waals surface area contributed by atoms with E-state index in [1.54, 1.807) is 6.07 Å². The van der Waals surface area contributed by atoms with E-state index in [2.05, 4.69) is 11.8 Å². The third-order valence-corrected chi connectivity index (χ3v) is 1.91. The molecule has 2 nitrogen and oxygen atoms in total. The molecule has 0 amide bonds. The lowest BCUT2D eigenvalue weighted by Crippen LogP contribution is -1.90. The molecule has 14 heavy (non-hydrogen) atoms. The predicted molar refractivity (Wildman–Crippen MR) is 55.3 cm³/mol. The van der Waals surface area contributed by atoms with E-state index >= 15 is 0 Å². The predicted octanol–water partition coefficient (Wildman–Crippen LogP) is 2.47. The Kier molecular flexibility index (Phi) is 3.55. The summed E-state index contributed by atoms with van der Waals surface area (Å²) in [7, 11) is 0. The zero-order valence-corrected chi connectivity index (χ0v) is 8.43. The summed E-state index contributed by atoms with van der Waals surface area (Å²) in [5.74, 6) is 4.33. The molecule has 0 fully saturated rings. The van der Waals surface area contributed by atoms with Crippen molar-refractivity contribution in [2.75, 3.05) is 0 Å². The van der Waals surface area contributed by atoms with Crippen LogP contribution in [-0.2, 0) is 4.79 Å². The van der Waals surface area contributed by atoms with Crippen LogP contribution in [0.5, 0.6) is 0 Å². The second-order valence-electron chi connectivity index (χ2n) is 2.86. The van der Waals surface area contributed by atoms with Crippen molar-refractivity contribution in [3.8, 4) is 11.8 Å². The highest BCUT2D eigenvalue weighted by Crippen LogP contribution is 2.15. The van der Waals surface area contributed by atoms with E-state index < -0.39 is 5.97 Å². The van der Waals surface area contributed by atoms with E-state index in [9.17, 15) is 4.79 Å². The maximum atomic E-state index is 10.2. The van der Waals surface area contributed by atoms with Gasteiger partial charge in [0.2, 0.25) is 0 Å². The molecule has 1 aromatic rings. The third-order valence-electron chi connectivity index (χ3n) is 1.58. The first-order valence-electron chi connectivity index (χ1n) is 4.06. The van der Waals surface area contributed by atoms with Crippen LogP contribution in [0.1, 0.15) is 17.5 Å². The first-order valence-corrected chi connectivity index (χ1v) is 4.44. The van der Waals surface area contributed by atoms with Crippen molar-refractivity contribution in [3.05, 3.63) is 34.3 Å². The fourth-order valence-electron chi connectivity index (χ4n) is 0.950. The van der Waals surface area contributed by atoms with Gasteiger partial charge in [-0.2, -0.15) is 0 Å². The first kappa shape index (κ1) is 10.6.